The first-order valence-electron chi connectivity index (χ1n) is 14.1. The van der Waals surface area contributed by atoms with E-state index in [2.05, 4.69) is 28.9 Å². The number of aromatic nitrogens is 5. The molecule has 10 heteroatoms. The van der Waals surface area contributed by atoms with E-state index in [-0.39, 0.29) is 11.4 Å². The summed E-state index contributed by atoms with van der Waals surface area (Å²) in [6.07, 6.45) is 4.40. The summed E-state index contributed by atoms with van der Waals surface area (Å²) in [6, 6.07) is 8.74. The standard InChI is InChI=1S/C30H35F3N6O/c1-19-10-20(2)14-37(13-19)15-21-11-25(30(31,32)33)26-17-38(29(40)39(26)16-21)24-9-5-8-23(12-24)27(22-6-4-7-22)28-35-34-18-36(28)3/h5,8-9,11-12,16-20,22,27H,4,6-7,10,13-15H2,1-3H3/t19-,20+,27-/m1/s1. The molecule has 4 heterocycles. The van der Waals surface area contributed by atoms with E-state index >= 15 is 0 Å². The van der Waals surface area contributed by atoms with Crippen molar-refractivity contribution < 1.29 is 13.2 Å². The number of nitrogens with zero attached hydrogens (tertiary/aromatic N) is 6. The highest BCUT2D eigenvalue weighted by molar-refractivity contribution is 5.58. The highest BCUT2D eigenvalue weighted by Gasteiger charge is 2.36. The number of hydrogen-bond donors (Lipinski definition) is 0. The van der Waals surface area contributed by atoms with E-state index in [1.807, 2.05) is 29.8 Å². The molecule has 1 saturated heterocycles. The van der Waals surface area contributed by atoms with Crippen molar-refractivity contribution in [3.8, 4) is 5.69 Å². The normalized spacial score (nSPS) is 21.6. The maximum Gasteiger partial charge on any atom is 0.418 e. The Morgan fingerprint density at radius 3 is 2.45 bits per heavy atom. The van der Waals surface area contributed by atoms with Gasteiger partial charge < -0.3 is 4.57 Å². The summed E-state index contributed by atoms with van der Waals surface area (Å²) >= 11 is 0. The van der Waals surface area contributed by atoms with E-state index in [0.29, 0.717) is 35.5 Å². The van der Waals surface area contributed by atoms with E-state index in [4.69, 9.17) is 0 Å². The van der Waals surface area contributed by atoms with Crippen molar-refractivity contribution in [1.82, 2.24) is 28.6 Å². The lowest BCUT2D eigenvalue weighted by atomic mass is 9.72. The molecule has 1 aromatic carbocycles. The van der Waals surface area contributed by atoms with Crippen LogP contribution in [0.2, 0.25) is 0 Å². The summed E-state index contributed by atoms with van der Waals surface area (Å²) in [4.78, 5) is 15.8. The van der Waals surface area contributed by atoms with Crippen LogP contribution in [0.3, 0.4) is 0 Å². The molecule has 212 valence electrons. The summed E-state index contributed by atoms with van der Waals surface area (Å²) in [5.74, 6) is 2.22. The molecule has 1 aliphatic carbocycles. The van der Waals surface area contributed by atoms with Crippen molar-refractivity contribution in [2.24, 2.45) is 24.8 Å². The molecule has 0 N–H and O–H groups in total. The van der Waals surface area contributed by atoms with Gasteiger partial charge in [0.05, 0.1) is 16.8 Å². The van der Waals surface area contributed by atoms with Gasteiger partial charge in [-0.25, -0.2) is 4.79 Å². The number of halogens is 3. The third-order valence-corrected chi connectivity index (χ3v) is 8.63. The maximum atomic E-state index is 14.3. The van der Waals surface area contributed by atoms with E-state index in [1.165, 1.54) is 16.8 Å². The minimum Gasteiger partial charge on any atom is -0.320 e. The molecule has 0 radical (unpaired) electrons. The molecule has 1 aliphatic heterocycles. The summed E-state index contributed by atoms with van der Waals surface area (Å²) < 4.78 is 47.3. The number of fused-ring (bicyclic) bond motifs is 1. The minimum absolute atomic E-state index is 0.000554. The van der Waals surface area contributed by atoms with Crippen molar-refractivity contribution in [1.29, 1.82) is 0 Å². The van der Waals surface area contributed by atoms with Crippen molar-refractivity contribution in [2.45, 2.75) is 58.2 Å². The number of rotatable bonds is 6. The van der Waals surface area contributed by atoms with Crippen LogP contribution in [0.5, 0.6) is 0 Å². The van der Waals surface area contributed by atoms with Crippen LogP contribution < -0.4 is 5.69 Å². The molecule has 2 fully saturated rings. The van der Waals surface area contributed by atoms with Gasteiger partial charge in [-0.3, -0.25) is 13.9 Å². The zero-order chi connectivity index (χ0) is 28.2. The average molecular weight is 553 g/mol. The molecule has 0 spiro atoms. The van der Waals surface area contributed by atoms with Crippen LogP contribution in [0.4, 0.5) is 13.2 Å². The van der Waals surface area contributed by atoms with Crippen molar-refractivity contribution in [3.63, 3.8) is 0 Å². The van der Waals surface area contributed by atoms with Crippen LogP contribution in [0.25, 0.3) is 11.2 Å². The number of piperidine rings is 1. The predicted octanol–water partition coefficient (Wildman–Crippen LogP) is 5.65. The van der Waals surface area contributed by atoms with Gasteiger partial charge in [-0.1, -0.05) is 32.4 Å². The summed E-state index contributed by atoms with van der Waals surface area (Å²) in [5.41, 5.74) is 0.551. The molecule has 2 aliphatic rings. The van der Waals surface area contributed by atoms with Crippen LogP contribution in [0, 0.1) is 17.8 Å². The Morgan fingerprint density at radius 1 is 1.07 bits per heavy atom. The molecule has 40 heavy (non-hydrogen) atoms. The molecule has 0 amide bonds. The summed E-state index contributed by atoms with van der Waals surface area (Å²) in [7, 11) is 1.91. The first-order chi connectivity index (χ1) is 19.1. The lowest BCUT2D eigenvalue weighted by Gasteiger charge is -2.35. The van der Waals surface area contributed by atoms with Gasteiger partial charge in [0.1, 0.15) is 12.2 Å². The Labute approximate surface area is 231 Å². The van der Waals surface area contributed by atoms with Gasteiger partial charge in [0.25, 0.3) is 0 Å². The number of likely N-dealkylation sites (tertiary alicyclic amines) is 1. The number of benzene rings is 1. The van der Waals surface area contributed by atoms with Gasteiger partial charge >= 0.3 is 11.9 Å². The van der Waals surface area contributed by atoms with Gasteiger partial charge in [-0.2, -0.15) is 13.2 Å². The maximum absolute atomic E-state index is 14.3. The topological polar surface area (TPSA) is 60.4 Å². The smallest absolute Gasteiger partial charge is 0.320 e. The number of alkyl halides is 3. The largest absolute Gasteiger partial charge is 0.418 e. The molecule has 4 aromatic rings. The van der Waals surface area contributed by atoms with Crippen LogP contribution in [-0.2, 0) is 19.8 Å². The van der Waals surface area contributed by atoms with Crippen molar-refractivity contribution >= 4 is 5.52 Å². The molecule has 3 atom stereocenters. The van der Waals surface area contributed by atoms with Crippen molar-refractivity contribution in [2.75, 3.05) is 13.1 Å². The second kappa shape index (κ2) is 10.2. The number of pyridine rings is 1. The fourth-order valence-corrected chi connectivity index (χ4v) is 6.77. The Kier molecular flexibility index (Phi) is 6.84. The summed E-state index contributed by atoms with van der Waals surface area (Å²) in [6.45, 7) is 6.39. The fraction of sp³-hybridized carbons (Fsp3) is 0.500. The van der Waals surface area contributed by atoms with Gasteiger partial charge in [0, 0.05) is 45.0 Å². The molecule has 0 unspecified atom stereocenters. The van der Waals surface area contributed by atoms with Gasteiger partial charge in [-0.15, -0.1) is 10.2 Å². The third kappa shape index (κ3) is 4.98. The van der Waals surface area contributed by atoms with Crippen LogP contribution in [-0.4, -0.2) is 41.7 Å². The van der Waals surface area contributed by atoms with E-state index in [9.17, 15) is 18.0 Å². The predicted molar refractivity (Wildman–Crippen MR) is 146 cm³/mol. The molecular weight excluding hydrogens is 517 g/mol. The van der Waals surface area contributed by atoms with E-state index in [0.717, 1.165) is 54.6 Å². The monoisotopic (exact) mass is 552 g/mol. The molecule has 0 bridgehead atoms. The van der Waals surface area contributed by atoms with E-state index in [1.54, 1.807) is 18.6 Å². The van der Waals surface area contributed by atoms with Crippen LogP contribution >= 0.6 is 0 Å². The van der Waals surface area contributed by atoms with E-state index < -0.39 is 17.4 Å². The summed E-state index contributed by atoms with van der Waals surface area (Å²) in [5, 5.41) is 8.43. The molecule has 3 aromatic heterocycles. The first-order valence-corrected chi connectivity index (χ1v) is 14.1. The quantitative estimate of drug-likeness (QED) is 0.310. The number of hydrogen-bond acceptors (Lipinski definition) is 4. The minimum atomic E-state index is -4.59. The lowest BCUT2D eigenvalue weighted by Crippen LogP contribution is -2.38. The van der Waals surface area contributed by atoms with Crippen molar-refractivity contribution in [3.05, 3.63) is 82.1 Å². The second-order valence-corrected chi connectivity index (χ2v) is 12.0. The SMILES string of the molecule is C[C@@H]1C[C@H](C)CN(Cc2cc(C(F)(F)F)c3cn(-c4cccc([C@H](c5nncn5C)C5CCC5)c4)c(=O)n3c2)C1. The first kappa shape index (κ1) is 26.8. The Hall–Kier alpha value is -3.40. The van der Waals surface area contributed by atoms with Gasteiger partial charge in [-0.05, 0) is 66.3 Å². The Balaban J connectivity index is 1.42. The fourth-order valence-electron chi connectivity index (χ4n) is 6.77. The number of imidazole rings is 1. The van der Waals surface area contributed by atoms with Crippen LogP contribution in [0.15, 0.2) is 53.8 Å². The van der Waals surface area contributed by atoms with Crippen LogP contribution in [0.1, 0.15) is 68.0 Å². The third-order valence-electron chi connectivity index (χ3n) is 8.63. The highest BCUT2D eigenvalue weighted by atomic mass is 19.4. The molecule has 7 nitrogen and oxygen atoms in total. The Morgan fingerprint density at radius 2 is 1.82 bits per heavy atom. The molecule has 6 rings (SSSR count). The zero-order valence-corrected chi connectivity index (χ0v) is 23.1. The molecular formula is C30H35F3N6O. The lowest BCUT2D eigenvalue weighted by molar-refractivity contribution is -0.136. The highest BCUT2D eigenvalue weighted by Crippen LogP contribution is 2.43. The molecule has 1 saturated carbocycles. The number of aryl methyl sites for hydroxylation is 1. The van der Waals surface area contributed by atoms with Gasteiger partial charge in [0.15, 0.2) is 0 Å². The average Bonchev–Trinajstić information content (AvgIpc) is 3.42. The Bertz CT molecular complexity index is 1570. The second-order valence-electron chi connectivity index (χ2n) is 12.0. The zero-order valence-electron chi connectivity index (χ0n) is 23.1. The van der Waals surface area contributed by atoms with Gasteiger partial charge in [0.2, 0.25) is 0 Å².